The molecule has 2 rings (SSSR count). The lowest BCUT2D eigenvalue weighted by Crippen LogP contribution is -2.39. The predicted molar refractivity (Wildman–Crippen MR) is 114 cm³/mol. The van der Waals surface area contributed by atoms with Crippen LogP contribution in [-0.4, -0.2) is 35.6 Å². The van der Waals surface area contributed by atoms with Crippen molar-refractivity contribution in [3.63, 3.8) is 0 Å². The van der Waals surface area contributed by atoms with Crippen molar-refractivity contribution in [3.05, 3.63) is 64.7 Å². The van der Waals surface area contributed by atoms with Gasteiger partial charge in [-0.3, -0.25) is 4.21 Å². The van der Waals surface area contributed by atoms with Crippen LogP contribution in [0.5, 0.6) is 5.75 Å². The minimum atomic E-state index is -2.93. The van der Waals surface area contributed by atoms with E-state index in [1.165, 1.54) is 12.1 Å². The third-order valence-corrected chi connectivity index (χ3v) is 5.33. The van der Waals surface area contributed by atoms with E-state index in [0.29, 0.717) is 41.1 Å². The fourth-order valence-electron chi connectivity index (χ4n) is 2.50. The van der Waals surface area contributed by atoms with Crippen LogP contribution in [0.15, 0.2) is 53.5 Å². The average molecular weight is 444 g/mol. The van der Waals surface area contributed by atoms with Crippen molar-refractivity contribution in [2.24, 2.45) is 4.99 Å². The van der Waals surface area contributed by atoms with Gasteiger partial charge in [-0.05, 0) is 30.7 Å². The molecule has 0 saturated carbocycles. The van der Waals surface area contributed by atoms with Crippen LogP contribution >= 0.6 is 11.6 Å². The molecule has 1 atom stereocenters. The molecule has 2 N–H and O–H groups in total. The Hall–Kier alpha value is -2.19. The molecule has 0 aliphatic carbocycles. The van der Waals surface area contributed by atoms with Gasteiger partial charge in [0.25, 0.3) is 0 Å². The number of nitrogens with zero attached hydrogens (tertiary/aromatic N) is 1. The quantitative estimate of drug-likeness (QED) is 0.431. The number of alkyl halides is 2. The molecule has 2 aromatic rings. The largest absolute Gasteiger partial charge is 0.434 e. The molecule has 0 aliphatic rings. The number of benzene rings is 2. The Bertz CT molecular complexity index is 823. The van der Waals surface area contributed by atoms with Gasteiger partial charge in [-0.25, -0.2) is 4.99 Å². The Morgan fingerprint density at radius 3 is 2.66 bits per heavy atom. The number of nitrogens with one attached hydrogen (secondary N) is 2. The van der Waals surface area contributed by atoms with Crippen molar-refractivity contribution in [1.82, 2.24) is 10.6 Å². The zero-order valence-electron chi connectivity index (χ0n) is 16.0. The molecule has 2 aromatic carbocycles. The van der Waals surface area contributed by atoms with Crippen LogP contribution in [0.4, 0.5) is 8.78 Å². The highest BCUT2D eigenvalue weighted by molar-refractivity contribution is 7.84. The van der Waals surface area contributed by atoms with Crippen molar-refractivity contribution in [2.75, 3.05) is 18.8 Å². The van der Waals surface area contributed by atoms with E-state index in [-0.39, 0.29) is 12.3 Å². The first-order chi connectivity index (χ1) is 14.0. The van der Waals surface area contributed by atoms with Crippen LogP contribution < -0.4 is 15.4 Å². The highest BCUT2D eigenvalue weighted by Gasteiger charge is 2.10. The van der Waals surface area contributed by atoms with Crippen molar-refractivity contribution in [3.8, 4) is 5.75 Å². The maximum Gasteiger partial charge on any atom is 0.387 e. The van der Waals surface area contributed by atoms with Crippen LogP contribution in [0.25, 0.3) is 0 Å². The zero-order valence-corrected chi connectivity index (χ0v) is 17.6. The summed E-state index contributed by atoms with van der Waals surface area (Å²) in [6.07, 6.45) is 0. The topological polar surface area (TPSA) is 62.7 Å². The number of aliphatic imine (C=N–C) groups is 1. The second kappa shape index (κ2) is 12.4. The van der Waals surface area contributed by atoms with Crippen LogP contribution in [0, 0.1) is 0 Å². The molecule has 158 valence electrons. The number of hydrogen-bond donors (Lipinski definition) is 2. The van der Waals surface area contributed by atoms with E-state index < -0.39 is 17.4 Å². The van der Waals surface area contributed by atoms with Gasteiger partial charge in [-0.2, -0.15) is 8.78 Å². The lowest BCUT2D eigenvalue weighted by atomic mass is 10.2. The highest BCUT2D eigenvalue weighted by Crippen LogP contribution is 2.25. The molecule has 0 aromatic heterocycles. The molecule has 0 aliphatic heterocycles. The van der Waals surface area contributed by atoms with E-state index in [2.05, 4.69) is 20.4 Å². The number of ether oxygens (including phenoxy) is 1. The Labute approximate surface area is 177 Å². The summed E-state index contributed by atoms with van der Waals surface area (Å²) in [7, 11) is -1.01. The Morgan fingerprint density at radius 2 is 1.97 bits per heavy atom. The summed E-state index contributed by atoms with van der Waals surface area (Å²) in [4.78, 5) is 4.39. The van der Waals surface area contributed by atoms with Gasteiger partial charge in [0, 0.05) is 46.0 Å². The van der Waals surface area contributed by atoms with E-state index in [9.17, 15) is 13.0 Å². The van der Waals surface area contributed by atoms with Crippen molar-refractivity contribution in [1.29, 1.82) is 0 Å². The molecule has 29 heavy (non-hydrogen) atoms. The van der Waals surface area contributed by atoms with Crippen LogP contribution in [0.1, 0.15) is 18.1 Å². The molecular formula is C20H24ClF2N3O2S. The summed E-state index contributed by atoms with van der Waals surface area (Å²) in [6.45, 7) is 0.168. The van der Waals surface area contributed by atoms with Gasteiger partial charge < -0.3 is 15.4 Å². The van der Waals surface area contributed by atoms with Gasteiger partial charge in [0.05, 0.1) is 6.54 Å². The minimum Gasteiger partial charge on any atom is -0.434 e. The second-order valence-corrected chi connectivity index (χ2v) is 8.04. The fourth-order valence-corrected chi connectivity index (χ4v) is 3.74. The minimum absolute atomic E-state index is 0.0352. The summed E-state index contributed by atoms with van der Waals surface area (Å²) in [6, 6.07) is 14.1. The summed E-state index contributed by atoms with van der Waals surface area (Å²) in [5.41, 5.74) is 1.47. The smallest absolute Gasteiger partial charge is 0.387 e. The molecule has 0 spiro atoms. The number of hydrogen-bond acceptors (Lipinski definition) is 3. The number of rotatable bonds is 10. The molecule has 0 amide bonds. The second-order valence-electron chi connectivity index (χ2n) is 6.03. The summed E-state index contributed by atoms with van der Waals surface area (Å²) < 4.78 is 41.9. The van der Waals surface area contributed by atoms with Gasteiger partial charge in [-0.1, -0.05) is 41.9 Å². The van der Waals surface area contributed by atoms with Gasteiger partial charge >= 0.3 is 6.61 Å². The van der Waals surface area contributed by atoms with E-state index in [1.807, 2.05) is 37.3 Å². The number of guanidine groups is 1. The van der Waals surface area contributed by atoms with Crippen molar-refractivity contribution in [2.45, 2.75) is 25.8 Å². The van der Waals surface area contributed by atoms with Crippen molar-refractivity contribution >= 4 is 28.4 Å². The third kappa shape index (κ3) is 8.79. The maximum atomic E-state index is 12.6. The molecule has 0 saturated heterocycles. The van der Waals surface area contributed by atoms with Gasteiger partial charge in [0.2, 0.25) is 0 Å². The molecule has 1 unspecified atom stereocenters. The molecule has 0 bridgehead atoms. The van der Waals surface area contributed by atoms with E-state index in [1.54, 1.807) is 6.07 Å². The zero-order chi connectivity index (χ0) is 21.1. The first-order valence-corrected chi connectivity index (χ1v) is 11.0. The van der Waals surface area contributed by atoms with E-state index in [4.69, 9.17) is 11.6 Å². The standard InChI is InChI=1S/C20H24ClF2N3O2S/c1-2-24-20(25-10-11-29(27)14-15-6-4-3-5-7-15)26-13-16-12-17(21)8-9-18(16)28-19(22)23/h3-9,12,19H,2,10-11,13-14H2,1H3,(H2,24,25,26). The Kier molecular flexibility index (Phi) is 9.87. The van der Waals surface area contributed by atoms with E-state index >= 15 is 0 Å². The molecule has 0 radical (unpaired) electrons. The third-order valence-electron chi connectivity index (χ3n) is 3.78. The fraction of sp³-hybridized carbons (Fsp3) is 0.350. The van der Waals surface area contributed by atoms with Crippen LogP contribution in [0.3, 0.4) is 0 Å². The summed E-state index contributed by atoms with van der Waals surface area (Å²) >= 11 is 5.96. The first-order valence-electron chi connectivity index (χ1n) is 9.12. The summed E-state index contributed by atoms with van der Waals surface area (Å²) in [5.74, 6) is 1.48. The van der Waals surface area contributed by atoms with Crippen LogP contribution in [-0.2, 0) is 23.1 Å². The van der Waals surface area contributed by atoms with Crippen LogP contribution in [0.2, 0.25) is 5.02 Å². The normalized spacial score (nSPS) is 12.7. The first kappa shape index (κ1) is 23.1. The van der Waals surface area contributed by atoms with Gasteiger partial charge in [-0.15, -0.1) is 0 Å². The molecule has 5 nitrogen and oxygen atoms in total. The predicted octanol–water partition coefficient (Wildman–Crippen LogP) is 3.95. The lowest BCUT2D eigenvalue weighted by molar-refractivity contribution is -0.0504. The Morgan fingerprint density at radius 1 is 1.21 bits per heavy atom. The Balaban J connectivity index is 1.92. The summed E-state index contributed by atoms with van der Waals surface area (Å²) in [5, 5.41) is 6.58. The SMILES string of the molecule is CCNC(=NCc1cc(Cl)ccc1OC(F)F)NCCS(=O)Cc1ccccc1. The molecular weight excluding hydrogens is 420 g/mol. The van der Waals surface area contributed by atoms with Gasteiger partial charge in [0.1, 0.15) is 5.75 Å². The monoisotopic (exact) mass is 443 g/mol. The molecule has 9 heteroatoms. The number of halogens is 3. The van der Waals surface area contributed by atoms with Gasteiger partial charge in [0.15, 0.2) is 5.96 Å². The molecule has 0 fully saturated rings. The average Bonchev–Trinajstić information content (AvgIpc) is 2.68. The maximum absolute atomic E-state index is 12.6. The van der Waals surface area contributed by atoms with E-state index in [0.717, 1.165) is 5.56 Å². The molecule has 0 heterocycles. The lowest BCUT2D eigenvalue weighted by Gasteiger charge is -2.13. The highest BCUT2D eigenvalue weighted by atomic mass is 35.5. The van der Waals surface area contributed by atoms with Crippen molar-refractivity contribution < 1.29 is 17.7 Å².